The van der Waals surface area contributed by atoms with Crippen LogP contribution in [-0.4, -0.2) is 55.0 Å². The van der Waals surface area contributed by atoms with E-state index < -0.39 is 0 Å². The van der Waals surface area contributed by atoms with Crippen LogP contribution in [0.3, 0.4) is 0 Å². The Morgan fingerprint density at radius 1 is 1.32 bits per heavy atom. The number of piperidine rings is 1. The second-order valence-electron chi connectivity index (χ2n) is 5.65. The van der Waals surface area contributed by atoms with Crippen molar-refractivity contribution in [2.45, 2.75) is 32.1 Å². The molecule has 8 heteroatoms. The van der Waals surface area contributed by atoms with Crippen LogP contribution in [0.2, 0.25) is 0 Å². The van der Waals surface area contributed by atoms with Crippen LogP contribution in [-0.2, 0) is 11.3 Å². The summed E-state index contributed by atoms with van der Waals surface area (Å²) in [5.41, 5.74) is 1.47. The zero-order valence-electron chi connectivity index (χ0n) is 12.2. The summed E-state index contributed by atoms with van der Waals surface area (Å²) in [4.78, 5) is 22.6. The Morgan fingerprint density at radius 3 is 2.95 bits per heavy atom. The third-order valence-corrected chi connectivity index (χ3v) is 4.24. The molecular weight excluding hydrogens is 284 g/mol. The predicted octanol–water partition coefficient (Wildman–Crippen LogP) is 0.363. The summed E-state index contributed by atoms with van der Waals surface area (Å²) in [7, 11) is 0. The first kappa shape index (κ1) is 13.3. The van der Waals surface area contributed by atoms with E-state index in [4.69, 9.17) is 4.74 Å². The maximum Gasteiger partial charge on any atom is 0.257 e. The van der Waals surface area contributed by atoms with E-state index in [0.29, 0.717) is 31.1 Å². The molecule has 0 aromatic carbocycles. The number of aryl methyl sites for hydroxylation is 1. The smallest absolute Gasteiger partial charge is 0.257 e. The number of carbonyl (C=O) groups is 1. The largest absolute Gasteiger partial charge is 0.370 e. The molecule has 114 valence electrons. The molecule has 0 spiro atoms. The summed E-state index contributed by atoms with van der Waals surface area (Å²) in [5, 5.41) is 8.09. The fourth-order valence-electron chi connectivity index (χ4n) is 3.05. The minimum Gasteiger partial charge on any atom is -0.370 e. The van der Waals surface area contributed by atoms with Gasteiger partial charge in [-0.25, -0.2) is 14.6 Å². The molecule has 8 nitrogen and oxygen atoms in total. The third-order valence-electron chi connectivity index (χ3n) is 4.24. The van der Waals surface area contributed by atoms with Gasteiger partial charge >= 0.3 is 0 Å². The highest BCUT2D eigenvalue weighted by Crippen LogP contribution is 2.30. The molecule has 2 aliphatic heterocycles. The van der Waals surface area contributed by atoms with Crippen LogP contribution in [0.15, 0.2) is 18.6 Å². The molecule has 1 fully saturated rings. The molecule has 0 aliphatic carbocycles. The van der Waals surface area contributed by atoms with E-state index in [2.05, 4.69) is 20.3 Å². The molecule has 2 atom stereocenters. The second kappa shape index (κ2) is 5.13. The number of nitrogens with zero attached hydrogens (tertiary/aromatic N) is 6. The summed E-state index contributed by atoms with van der Waals surface area (Å²) < 4.78 is 7.74. The lowest BCUT2D eigenvalue weighted by molar-refractivity contribution is -0.0605. The van der Waals surface area contributed by atoms with Crippen molar-refractivity contribution in [3.8, 4) is 0 Å². The quantitative estimate of drug-likeness (QED) is 0.756. The highest BCUT2D eigenvalue weighted by molar-refractivity contribution is 5.93. The minimum absolute atomic E-state index is 0.0234. The first-order chi connectivity index (χ1) is 10.7. The van der Waals surface area contributed by atoms with E-state index in [1.807, 2.05) is 9.58 Å². The van der Waals surface area contributed by atoms with Crippen molar-refractivity contribution in [2.24, 2.45) is 0 Å². The lowest BCUT2D eigenvalue weighted by Gasteiger charge is -2.40. The van der Waals surface area contributed by atoms with E-state index in [9.17, 15) is 4.79 Å². The molecule has 2 aromatic heterocycles. The van der Waals surface area contributed by atoms with Crippen LogP contribution in [0.4, 0.5) is 0 Å². The summed E-state index contributed by atoms with van der Waals surface area (Å²) in [6.45, 7) is 3.56. The van der Waals surface area contributed by atoms with Crippen molar-refractivity contribution in [1.29, 1.82) is 0 Å². The van der Waals surface area contributed by atoms with Crippen molar-refractivity contribution < 1.29 is 9.53 Å². The number of amides is 1. The van der Waals surface area contributed by atoms with Crippen molar-refractivity contribution in [2.75, 3.05) is 13.1 Å². The number of likely N-dealkylation sites (tertiary alicyclic amines) is 1. The Labute approximate surface area is 127 Å². The monoisotopic (exact) mass is 300 g/mol. The van der Waals surface area contributed by atoms with E-state index in [-0.39, 0.29) is 18.1 Å². The normalized spacial score (nSPS) is 23.8. The minimum atomic E-state index is -0.0503. The average molecular weight is 300 g/mol. The summed E-state index contributed by atoms with van der Waals surface area (Å²) >= 11 is 0. The van der Waals surface area contributed by atoms with Crippen molar-refractivity contribution in [1.82, 2.24) is 29.9 Å². The topological polar surface area (TPSA) is 86.0 Å². The summed E-state index contributed by atoms with van der Waals surface area (Å²) in [6, 6.07) is 0.0234. The average Bonchev–Trinajstić information content (AvgIpc) is 3.03. The number of hydrogen-bond acceptors (Lipinski definition) is 6. The molecule has 22 heavy (non-hydrogen) atoms. The Bertz CT molecular complexity index is 698. The zero-order chi connectivity index (χ0) is 15.1. The van der Waals surface area contributed by atoms with Crippen LogP contribution < -0.4 is 0 Å². The van der Waals surface area contributed by atoms with Gasteiger partial charge in [-0.3, -0.25) is 4.79 Å². The first-order valence-electron chi connectivity index (χ1n) is 7.31. The molecule has 2 aliphatic rings. The number of fused-ring (bicyclic) bond motifs is 3. The van der Waals surface area contributed by atoms with Gasteiger partial charge in [0.15, 0.2) is 0 Å². The molecule has 0 bridgehead atoms. The Kier molecular flexibility index (Phi) is 3.11. The Hall–Kier alpha value is -2.35. The third kappa shape index (κ3) is 2.16. The SMILES string of the molecule is Cc1ncc(C(=O)N2CC[C@@H]3OCc4cnnn4[C@@H]3C2)cn1. The molecule has 0 radical (unpaired) electrons. The van der Waals surface area contributed by atoms with Crippen LogP contribution >= 0.6 is 0 Å². The molecule has 4 heterocycles. The summed E-state index contributed by atoms with van der Waals surface area (Å²) in [5.74, 6) is 0.605. The van der Waals surface area contributed by atoms with Gasteiger partial charge in [0.05, 0.1) is 36.2 Å². The zero-order valence-corrected chi connectivity index (χ0v) is 12.2. The number of rotatable bonds is 1. The molecule has 1 saturated heterocycles. The lowest BCUT2D eigenvalue weighted by Crippen LogP contribution is -2.49. The predicted molar refractivity (Wildman–Crippen MR) is 74.9 cm³/mol. The van der Waals surface area contributed by atoms with Gasteiger partial charge in [0, 0.05) is 25.5 Å². The van der Waals surface area contributed by atoms with Gasteiger partial charge in [0.2, 0.25) is 0 Å². The van der Waals surface area contributed by atoms with E-state index in [1.165, 1.54) is 0 Å². The fraction of sp³-hybridized carbons (Fsp3) is 0.500. The van der Waals surface area contributed by atoms with Gasteiger partial charge in [-0.1, -0.05) is 5.21 Å². The maximum atomic E-state index is 12.6. The van der Waals surface area contributed by atoms with Gasteiger partial charge < -0.3 is 9.64 Å². The van der Waals surface area contributed by atoms with Crippen molar-refractivity contribution in [3.63, 3.8) is 0 Å². The molecule has 1 amide bonds. The maximum absolute atomic E-state index is 12.6. The summed E-state index contributed by atoms with van der Waals surface area (Å²) in [6.07, 6.45) is 5.75. The van der Waals surface area contributed by atoms with E-state index in [0.717, 1.165) is 12.1 Å². The van der Waals surface area contributed by atoms with Gasteiger partial charge in [-0.05, 0) is 13.3 Å². The Balaban J connectivity index is 1.56. The lowest BCUT2D eigenvalue weighted by atomic mass is 10.00. The van der Waals surface area contributed by atoms with Crippen molar-refractivity contribution >= 4 is 5.91 Å². The van der Waals surface area contributed by atoms with Gasteiger partial charge in [-0.15, -0.1) is 5.10 Å². The van der Waals surface area contributed by atoms with Crippen LogP contribution in [0.5, 0.6) is 0 Å². The van der Waals surface area contributed by atoms with Gasteiger partial charge in [0.1, 0.15) is 5.82 Å². The standard InChI is InChI=1S/C14H16N6O2/c1-9-15-4-10(5-16-9)14(21)19-3-2-13-12(7-19)20-11(8-22-13)6-17-18-20/h4-6,12-13H,2-3,7-8H2,1H3/t12-,13+/m1/s1. The highest BCUT2D eigenvalue weighted by atomic mass is 16.5. The van der Waals surface area contributed by atoms with E-state index in [1.54, 1.807) is 25.5 Å². The molecule has 0 saturated carbocycles. The molecule has 0 N–H and O–H groups in total. The number of aromatic nitrogens is 5. The first-order valence-corrected chi connectivity index (χ1v) is 7.31. The van der Waals surface area contributed by atoms with Crippen molar-refractivity contribution in [3.05, 3.63) is 35.7 Å². The molecule has 0 unspecified atom stereocenters. The van der Waals surface area contributed by atoms with Gasteiger partial charge in [-0.2, -0.15) is 0 Å². The van der Waals surface area contributed by atoms with Gasteiger partial charge in [0.25, 0.3) is 5.91 Å². The highest BCUT2D eigenvalue weighted by Gasteiger charge is 2.38. The number of carbonyl (C=O) groups excluding carboxylic acids is 1. The molecule has 2 aromatic rings. The molecule has 4 rings (SSSR count). The van der Waals surface area contributed by atoms with Crippen LogP contribution in [0.1, 0.15) is 34.3 Å². The van der Waals surface area contributed by atoms with E-state index >= 15 is 0 Å². The number of ether oxygens (including phenoxy) is 1. The Morgan fingerprint density at radius 2 is 2.14 bits per heavy atom. The van der Waals surface area contributed by atoms with Crippen LogP contribution in [0, 0.1) is 6.92 Å². The molecular formula is C14H16N6O2. The fourth-order valence-corrected chi connectivity index (χ4v) is 3.05. The van der Waals surface area contributed by atoms with Crippen LogP contribution in [0.25, 0.3) is 0 Å². The number of hydrogen-bond donors (Lipinski definition) is 0. The second-order valence-corrected chi connectivity index (χ2v) is 5.65.